The number of hydrogen-bond acceptors (Lipinski definition) is 4. The molecule has 0 spiro atoms. The third-order valence-corrected chi connectivity index (χ3v) is 3.31. The summed E-state index contributed by atoms with van der Waals surface area (Å²) >= 11 is 1.62. The van der Waals surface area contributed by atoms with E-state index in [-0.39, 0.29) is 18.7 Å². The summed E-state index contributed by atoms with van der Waals surface area (Å²) in [6.45, 7) is 2.55. The molecule has 6 heteroatoms. The largest absolute Gasteiger partial charge is 0.481 e. The lowest BCUT2D eigenvalue weighted by molar-refractivity contribution is -0.138. The third-order valence-electron chi connectivity index (χ3n) is 2.31. The van der Waals surface area contributed by atoms with Crippen molar-refractivity contribution in [3.05, 3.63) is 16.1 Å². The first-order valence-corrected chi connectivity index (χ1v) is 6.35. The van der Waals surface area contributed by atoms with Crippen LogP contribution in [-0.4, -0.2) is 28.5 Å². The molecule has 0 saturated carbocycles. The monoisotopic (exact) mass is 256 g/mol. The van der Waals surface area contributed by atoms with E-state index in [2.05, 4.69) is 10.3 Å². The maximum Gasteiger partial charge on any atom is 0.303 e. The molecule has 0 unspecified atom stereocenters. The Bertz CT molecular complexity index is 390. The summed E-state index contributed by atoms with van der Waals surface area (Å²) in [5, 5.41) is 11.1. The molecule has 1 amide bonds. The molecule has 0 fully saturated rings. The summed E-state index contributed by atoms with van der Waals surface area (Å²) in [7, 11) is 0. The molecule has 1 rings (SSSR count). The second-order valence-electron chi connectivity index (χ2n) is 3.71. The van der Waals surface area contributed by atoms with E-state index in [0.29, 0.717) is 6.54 Å². The number of nitrogens with one attached hydrogen (secondary N) is 1. The van der Waals surface area contributed by atoms with Gasteiger partial charge in [-0.1, -0.05) is 0 Å². The SMILES string of the molecule is Cc1ncsc1CCCNC(=O)CCC(=O)O. The van der Waals surface area contributed by atoms with E-state index in [9.17, 15) is 9.59 Å². The van der Waals surface area contributed by atoms with Crippen LogP contribution in [0.3, 0.4) is 0 Å². The number of aryl methyl sites for hydroxylation is 2. The van der Waals surface area contributed by atoms with Crippen LogP contribution in [0.15, 0.2) is 5.51 Å². The molecule has 0 aliphatic carbocycles. The minimum absolute atomic E-state index is 0.0505. The highest BCUT2D eigenvalue weighted by Crippen LogP contribution is 2.13. The molecule has 0 bridgehead atoms. The van der Waals surface area contributed by atoms with E-state index < -0.39 is 5.97 Å². The van der Waals surface area contributed by atoms with E-state index in [1.165, 1.54) is 4.88 Å². The van der Waals surface area contributed by atoms with Gasteiger partial charge in [0.25, 0.3) is 0 Å². The van der Waals surface area contributed by atoms with Crippen molar-refractivity contribution in [3.63, 3.8) is 0 Å². The number of carboxylic acids is 1. The fourth-order valence-corrected chi connectivity index (χ4v) is 2.18. The fraction of sp³-hybridized carbons (Fsp3) is 0.545. The zero-order valence-corrected chi connectivity index (χ0v) is 10.5. The first-order chi connectivity index (χ1) is 8.09. The van der Waals surface area contributed by atoms with Crippen LogP contribution in [0.4, 0.5) is 0 Å². The molecule has 2 N–H and O–H groups in total. The average Bonchev–Trinajstić information content (AvgIpc) is 2.68. The average molecular weight is 256 g/mol. The van der Waals surface area contributed by atoms with Crippen molar-refractivity contribution in [2.45, 2.75) is 32.6 Å². The first-order valence-electron chi connectivity index (χ1n) is 5.47. The Morgan fingerprint density at radius 1 is 1.47 bits per heavy atom. The molecule has 5 nitrogen and oxygen atoms in total. The molecule has 1 aromatic rings. The van der Waals surface area contributed by atoms with Crippen LogP contribution in [0.5, 0.6) is 0 Å². The standard InChI is InChI=1S/C11H16N2O3S/c1-8-9(17-7-13-8)3-2-6-12-10(14)4-5-11(15)16/h7H,2-6H2,1H3,(H,12,14)(H,15,16). The van der Waals surface area contributed by atoms with Crippen LogP contribution in [0.1, 0.15) is 29.8 Å². The number of rotatable bonds is 7. The highest BCUT2D eigenvalue weighted by molar-refractivity contribution is 7.09. The predicted octanol–water partition coefficient (Wildman–Crippen LogP) is 1.37. The number of carboxylic acid groups (broad SMARTS) is 1. The van der Waals surface area contributed by atoms with Crippen molar-refractivity contribution in [1.82, 2.24) is 10.3 Å². The molecule has 0 aliphatic heterocycles. The van der Waals surface area contributed by atoms with Crippen LogP contribution < -0.4 is 5.32 Å². The second-order valence-corrected chi connectivity index (χ2v) is 4.65. The Kier molecular flexibility index (Phi) is 5.62. The van der Waals surface area contributed by atoms with Crippen LogP contribution in [-0.2, 0) is 16.0 Å². The zero-order chi connectivity index (χ0) is 12.7. The lowest BCUT2D eigenvalue weighted by Gasteiger charge is -2.03. The van der Waals surface area contributed by atoms with Crippen LogP contribution >= 0.6 is 11.3 Å². The first kappa shape index (κ1) is 13.6. The smallest absolute Gasteiger partial charge is 0.303 e. The molecule has 0 atom stereocenters. The van der Waals surface area contributed by atoms with E-state index >= 15 is 0 Å². The maximum absolute atomic E-state index is 11.2. The van der Waals surface area contributed by atoms with Gasteiger partial charge in [-0.05, 0) is 19.8 Å². The highest BCUT2D eigenvalue weighted by Gasteiger charge is 2.05. The number of hydrogen-bond donors (Lipinski definition) is 2. The second kappa shape index (κ2) is 7.01. The molecule has 1 heterocycles. The number of carbonyl (C=O) groups excluding carboxylic acids is 1. The van der Waals surface area contributed by atoms with Gasteiger partial charge in [-0.25, -0.2) is 4.98 Å². The lowest BCUT2D eigenvalue weighted by atomic mass is 10.2. The molecular weight excluding hydrogens is 240 g/mol. The Labute approximate surface area is 104 Å². The van der Waals surface area contributed by atoms with Gasteiger partial charge in [0.2, 0.25) is 5.91 Å². The Balaban J connectivity index is 2.10. The van der Waals surface area contributed by atoms with Gasteiger partial charge in [-0.2, -0.15) is 0 Å². The minimum atomic E-state index is -0.944. The molecule has 94 valence electrons. The molecule has 0 aliphatic rings. The normalized spacial score (nSPS) is 10.2. The maximum atomic E-state index is 11.2. The molecule has 0 aromatic carbocycles. The summed E-state index contributed by atoms with van der Waals surface area (Å²) in [5.74, 6) is -1.14. The van der Waals surface area contributed by atoms with Crippen molar-refractivity contribution < 1.29 is 14.7 Å². The zero-order valence-electron chi connectivity index (χ0n) is 9.73. The van der Waals surface area contributed by atoms with E-state index in [1.807, 2.05) is 12.4 Å². The van der Waals surface area contributed by atoms with Crippen LogP contribution in [0.25, 0.3) is 0 Å². The van der Waals surface area contributed by atoms with Crippen molar-refractivity contribution in [2.24, 2.45) is 0 Å². The summed E-state index contributed by atoms with van der Waals surface area (Å²) in [4.78, 5) is 26.8. The van der Waals surface area contributed by atoms with Crippen LogP contribution in [0, 0.1) is 6.92 Å². The van der Waals surface area contributed by atoms with E-state index in [4.69, 9.17) is 5.11 Å². The Morgan fingerprint density at radius 3 is 2.82 bits per heavy atom. The molecule has 1 aromatic heterocycles. The van der Waals surface area contributed by atoms with E-state index in [0.717, 1.165) is 18.5 Å². The number of aromatic nitrogens is 1. The molecule has 0 saturated heterocycles. The van der Waals surface area contributed by atoms with Gasteiger partial charge in [0.1, 0.15) is 0 Å². The van der Waals surface area contributed by atoms with Crippen molar-refractivity contribution in [3.8, 4) is 0 Å². The Morgan fingerprint density at radius 2 is 2.24 bits per heavy atom. The summed E-state index contributed by atoms with van der Waals surface area (Å²) in [5.41, 5.74) is 2.86. The van der Waals surface area contributed by atoms with Gasteiger partial charge in [-0.3, -0.25) is 9.59 Å². The number of aliphatic carboxylic acids is 1. The number of nitrogens with zero attached hydrogens (tertiary/aromatic N) is 1. The fourth-order valence-electron chi connectivity index (χ4n) is 1.35. The van der Waals surface area contributed by atoms with Crippen molar-refractivity contribution in [2.75, 3.05) is 6.54 Å². The third kappa shape index (κ3) is 5.44. The highest BCUT2D eigenvalue weighted by atomic mass is 32.1. The van der Waals surface area contributed by atoms with Crippen molar-refractivity contribution >= 4 is 23.2 Å². The summed E-state index contributed by atoms with van der Waals surface area (Å²) in [6.07, 6.45) is 1.69. The Hall–Kier alpha value is -1.43. The summed E-state index contributed by atoms with van der Waals surface area (Å²) in [6, 6.07) is 0. The van der Waals surface area contributed by atoms with Crippen molar-refractivity contribution in [1.29, 1.82) is 0 Å². The minimum Gasteiger partial charge on any atom is -0.481 e. The quantitative estimate of drug-likeness (QED) is 0.722. The number of thiazole rings is 1. The van der Waals surface area contributed by atoms with E-state index in [1.54, 1.807) is 11.3 Å². The van der Waals surface area contributed by atoms with Crippen LogP contribution in [0.2, 0.25) is 0 Å². The topological polar surface area (TPSA) is 79.3 Å². The molecular formula is C11H16N2O3S. The molecule has 17 heavy (non-hydrogen) atoms. The van der Waals surface area contributed by atoms with Gasteiger partial charge in [-0.15, -0.1) is 11.3 Å². The van der Waals surface area contributed by atoms with Gasteiger partial charge in [0.15, 0.2) is 0 Å². The number of carbonyl (C=O) groups is 2. The van der Waals surface area contributed by atoms with Gasteiger partial charge < -0.3 is 10.4 Å². The summed E-state index contributed by atoms with van der Waals surface area (Å²) < 4.78 is 0. The molecule has 0 radical (unpaired) electrons. The van der Waals surface area contributed by atoms with Gasteiger partial charge in [0, 0.05) is 17.8 Å². The van der Waals surface area contributed by atoms with Gasteiger partial charge in [0.05, 0.1) is 17.6 Å². The van der Waals surface area contributed by atoms with Gasteiger partial charge >= 0.3 is 5.97 Å². The lowest BCUT2D eigenvalue weighted by Crippen LogP contribution is -2.25. The predicted molar refractivity (Wildman–Crippen MR) is 65.1 cm³/mol. The number of amides is 1.